The van der Waals surface area contributed by atoms with Gasteiger partial charge in [-0.15, -0.1) is 0 Å². The molecule has 1 amide bonds. The van der Waals surface area contributed by atoms with Crippen molar-refractivity contribution in [2.24, 2.45) is 5.92 Å². The molecule has 0 aliphatic heterocycles. The van der Waals surface area contributed by atoms with Crippen molar-refractivity contribution in [3.8, 4) is 0 Å². The lowest BCUT2D eigenvalue weighted by atomic mass is 10.1. The van der Waals surface area contributed by atoms with Gasteiger partial charge < -0.3 is 5.32 Å². The molecule has 0 bridgehead atoms. The van der Waals surface area contributed by atoms with Crippen molar-refractivity contribution < 1.29 is 4.79 Å². The lowest BCUT2D eigenvalue weighted by molar-refractivity contribution is -0.109. The molecule has 0 radical (unpaired) electrons. The Balaban J connectivity index is 3.35. The molecule has 1 atom stereocenters. The van der Waals surface area contributed by atoms with Gasteiger partial charge in [-0.05, 0) is 12.3 Å². The summed E-state index contributed by atoms with van der Waals surface area (Å²) in [7, 11) is 0. The zero-order valence-corrected chi connectivity index (χ0v) is 6.92. The average molecular weight is 153 g/mol. The minimum Gasteiger partial charge on any atom is -0.358 e. The van der Waals surface area contributed by atoms with Gasteiger partial charge in [-0.3, -0.25) is 4.79 Å². The van der Waals surface area contributed by atoms with Gasteiger partial charge in [0.15, 0.2) is 0 Å². The van der Waals surface area contributed by atoms with Crippen LogP contribution in [0.5, 0.6) is 0 Å². The third-order valence-corrected chi connectivity index (χ3v) is 1.36. The molecule has 1 unspecified atom stereocenters. The lowest BCUT2D eigenvalue weighted by Crippen LogP contribution is -2.18. The number of allylic oxidation sites excluding steroid dienone is 3. The molecule has 0 aliphatic rings. The molecule has 11 heavy (non-hydrogen) atoms. The summed E-state index contributed by atoms with van der Waals surface area (Å²) in [5.74, 6) is 0.497. The Morgan fingerprint density at radius 3 is 2.91 bits per heavy atom. The second-order valence-corrected chi connectivity index (χ2v) is 2.53. The van der Waals surface area contributed by atoms with Crippen molar-refractivity contribution in [2.45, 2.75) is 13.3 Å². The van der Waals surface area contributed by atoms with E-state index in [-0.39, 0.29) is 0 Å². The standard InChI is InChI=1S/C9H15NO/c1-3-4-5-6-9(2)7-10-8-11/h3-5,8-9H,1,6-7H2,2H3,(H,10,11)/b5-4-. The monoisotopic (exact) mass is 153 g/mol. The maximum atomic E-state index is 9.89. The highest BCUT2D eigenvalue weighted by Crippen LogP contribution is 2.00. The molecule has 0 aliphatic carbocycles. The highest BCUT2D eigenvalue weighted by atomic mass is 16.1. The van der Waals surface area contributed by atoms with Gasteiger partial charge in [0.2, 0.25) is 6.41 Å². The van der Waals surface area contributed by atoms with E-state index in [4.69, 9.17) is 0 Å². The molecule has 1 N–H and O–H groups in total. The first-order chi connectivity index (χ1) is 5.31. The molecule has 0 saturated carbocycles. The van der Waals surface area contributed by atoms with Crippen molar-refractivity contribution in [2.75, 3.05) is 6.54 Å². The first-order valence-corrected chi connectivity index (χ1v) is 3.75. The largest absolute Gasteiger partial charge is 0.358 e. The van der Waals surface area contributed by atoms with E-state index in [1.54, 1.807) is 6.08 Å². The summed E-state index contributed by atoms with van der Waals surface area (Å²) < 4.78 is 0. The Morgan fingerprint density at radius 1 is 1.64 bits per heavy atom. The van der Waals surface area contributed by atoms with Crippen molar-refractivity contribution in [3.05, 3.63) is 24.8 Å². The van der Waals surface area contributed by atoms with Gasteiger partial charge in [0, 0.05) is 6.54 Å². The van der Waals surface area contributed by atoms with Crippen LogP contribution in [0.2, 0.25) is 0 Å². The van der Waals surface area contributed by atoms with Gasteiger partial charge in [-0.25, -0.2) is 0 Å². The predicted molar refractivity (Wildman–Crippen MR) is 47.2 cm³/mol. The zero-order valence-electron chi connectivity index (χ0n) is 6.92. The van der Waals surface area contributed by atoms with Crippen molar-refractivity contribution >= 4 is 6.41 Å². The molecular formula is C9H15NO. The normalized spacial score (nSPS) is 12.8. The summed E-state index contributed by atoms with van der Waals surface area (Å²) in [6, 6.07) is 0. The molecule has 2 nitrogen and oxygen atoms in total. The summed E-state index contributed by atoms with van der Waals surface area (Å²) in [5, 5.41) is 2.63. The average Bonchev–Trinajstić information content (AvgIpc) is 2.01. The Kier molecular flexibility index (Phi) is 6.39. The maximum absolute atomic E-state index is 9.89. The van der Waals surface area contributed by atoms with Crippen molar-refractivity contribution in [1.82, 2.24) is 5.32 Å². The SMILES string of the molecule is C=C/C=C\CC(C)CNC=O. The van der Waals surface area contributed by atoms with Crippen LogP contribution in [0.3, 0.4) is 0 Å². The van der Waals surface area contributed by atoms with Gasteiger partial charge in [0.1, 0.15) is 0 Å². The minimum absolute atomic E-state index is 0.497. The Morgan fingerprint density at radius 2 is 2.36 bits per heavy atom. The molecule has 0 heterocycles. The molecule has 0 saturated heterocycles. The molecule has 0 aromatic carbocycles. The summed E-state index contributed by atoms with van der Waals surface area (Å²) >= 11 is 0. The fourth-order valence-corrected chi connectivity index (χ4v) is 0.740. The van der Waals surface area contributed by atoms with Gasteiger partial charge >= 0.3 is 0 Å². The fraction of sp³-hybridized carbons (Fsp3) is 0.444. The Bertz CT molecular complexity index is 140. The Hall–Kier alpha value is -1.05. The minimum atomic E-state index is 0.497. The van der Waals surface area contributed by atoms with E-state index < -0.39 is 0 Å². The molecule has 0 aromatic heterocycles. The van der Waals surface area contributed by atoms with Crippen molar-refractivity contribution in [1.29, 1.82) is 0 Å². The molecule has 0 spiro atoms. The molecule has 2 heteroatoms. The van der Waals surface area contributed by atoms with Crippen molar-refractivity contribution in [3.63, 3.8) is 0 Å². The van der Waals surface area contributed by atoms with Crippen LogP contribution in [0.4, 0.5) is 0 Å². The summed E-state index contributed by atoms with van der Waals surface area (Å²) in [6.07, 6.45) is 7.42. The highest BCUT2D eigenvalue weighted by Gasteiger charge is 1.95. The quantitative estimate of drug-likeness (QED) is 0.454. The number of amides is 1. The first-order valence-electron chi connectivity index (χ1n) is 3.75. The van der Waals surface area contributed by atoms with Gasteiger partial charge in [-0.1, -0.05) is 31.7 Å². The van der Waals surface area contributed by atoms with Crippen LogP contribution in [0.1, 0.15) is 13.3 Å². The van der Waals surface area contributed by atoms with Crippen LogP contribution in [0.25, 0.3) is 0 Å². The second-order valence-electron chi connectivity index (χ2n) is 2.53. The van der Waals surface area contributed by atoms with E-state index in [2.05, 4.69) is 18.8 Å². The zero-order chi connectivity index (χ0) is 8.53. The Labute approximate surface area is 68.0 Å². The maximum Gasteiger partial charge on any atom is 0.207 e. The smallest absolute Gasteiger partial charge is 0.207 e. The predicted octanol–water partition coefficient (Wildman–Crippen LogP) is 1.50. The third-order valence-electron chi connectivity index (χ3n) is 1.36. The molecule has 62 valence electrons. The van der Waals surface area contributed by atoms with Crippen LogP contribution in [-0.4, -0.2) is 13.0 Å². The lowest BCUT2D eigenvalue weighted by Gasteiger charge is -2.05. The van der Waals surface area contributed by atoms with Crippen LogP contribution in [0, 0.1) is 5.92 Å². The van der Waals surface area contributed by atoms with Gasteiger partial charge in [-0.2, -0.15) is 0 Å². The van der Waals surface area contributed by atoms with E-state index in [0.717, 1.165) is 19.4 Å². The number of carbonyl (C=O) groups excluding carboxylic acids is 1. The topological polar surface area (TPSA) is 29.1 Å². The number of hydrogen-bond acceptors (Lipinski definition) is 1. The molecule has 0 aromatic rings. The van der Waals surface area contributed by atoms with Crippen LogP contribution >= 0.6 is 0 Å². The van der Waals surface area contributed by atoms with Gasteiger partial charge in [0.05, 0.1) is 0 Å². The summed E-state index contributed by atoms with van der Waals surface area (Å²) in [4.78, 5) is 9.89. The van der Waals surface area contributed by atoms with E-state index in [1.165, 1.54) is 0 Å². The van der Waals surface area contributed by atoms with E-state index in [1.807, 2.05) is 12.2 Å². The highest BCUT2D eigenvalue weighted by molar-refractivity contribution is 5.45. The summed E-state index contributed by atoms with van der Waals surface area (Å²) in [6.45, 7) is 6.39. The number of rotatable bonds is 6. The van der Waals surface area contributed by atoms with E-state index in [9.17, 15) is 4.79 Å². The molecule has 0 fully saturated rings. The number of carbonyl (C=O) groups is 1. The molecular weight excluding hydrogens is 138 g/mol. The summed E-state index contributed by atoms with van der Waals surface area (Å²) in [5.41, 5.74) is 0. The first kappa shape index (κ1) is 9.95. The fourth-order valence-electron chi connectivity index (χ4n) is 0.740. The van der Waals surface area contributed by atoms with Crippen LogP contribution in [-0.2, 0) is 4.79 Å². The van der Waals surface area contributed by atoms with E-state index >= 15 is 0 Å². The van der Waals surface area contributed by atoms with E-state index in [0.29, 0.717) is 5.92 Å². The van der Waals surface area contributed by atoms with Crippen LogP contribution in [0.15, 0.2) is 24.8 Å². The number of nitrogens with one attached hydrogen (secondary N) is 1. The second kappa shape index (κ2) is 7.06. The van der Waals surface area contributed by atoms with Crippen LogP contribution < -0.4 is 5.32 Å². The third kappa shape index (κ3) is 6.84. The molecule has 0 rings (SSSR count). The number of hydrogen-bond donors (Lipinski definition) is 1. The van der Waals surface area contributed by atoms with Gasteiger partial charge in [0.25, 0.3) is 0 Å².